The summed E-state index contributed by atoms with van der Waals surface area (Å²) in [7, 11) is -3.63. The third kappa shape index (κ3) is 5.74. The predicted molar refractivity (Wildman–Crippen MR) is 125 cm³/mol. The molecule has 32 heavy (non-hydrogen) atoms. The molecule has 1 aliphatic heterocycles. The smallest absolute Gasteiger partial charge is 0.240 e. The molecule has 2 aromatic carbocycles. The van der Waals surface area contributed by atoms with E-state index in [0.717, 1.165) is 24.6 Å². The van der Waals surface area contributed by atoms with Crippen LogP contribution < -0.4 is 19.7 Å². The topological polar surface area (TPSA) is 96.5 Å². The molecule has 1 aromatic heterocycles. The number of aromatic nitrogens is 2. The van der Waals surface area contributed by atoms with Gasteiger partial charge < -0.3 is 15.0 Å². The molecule has 4 rings (SSSR count). The van der Waals surface area contributed by atoms with Gasteiger partial charge in [-0.2, -0.15) is 4.98 Å². The Hall–Kier alpha value is -3.17. The van der Waals surface area contributed by atoms with Gasteiger partial charge in [-0.05, 0) is 56.2 Å². The van der Waals surface area contributed by atoms with Crippen LogP contribution in [-0.4, -0.2) is 44.6 Å². The normalized spacial score (nSPS) is 13.8. The zero-order valence-electron chi connectivity index (χ0n) is 18.0. The summed E-state index contributed by atoms with van der Waals surface area (Å²) in [6.07, 6.45) is 2.35. The van der Waals surface area contributed by atoms with Gasteiger partial charge in [-0.25, -0.2) is 18.1 Å². The van der Waals surface area contributed by atoms with Gasteiger partial charge in [0.2, 0.25) is 16.0 Å². The summed E-state index contributed by atoms with van der Waals surface area (Å²) in [5.41, 5.74) is 0.878. The van der Waals surface area contributed by atoms with Crippen molar-refractivity contribution in [1.29, 1.82) is 0 Å². The Morgan fingerprint density at radius 3 is 2.34 bits per heavy atom. The first kappa shape index (κ1) is 22.0. The van der Waals surface area contributed by atoms with Crippen molar-refractivity contribution in [2.24, 2.45) is 0 Å². The number of hydrogen-bond donors (Lipinski definition) is 2. The van der Waals surface area contributed by atoms with Crippen molar-refractivity contribution in [3.05, 3.63) is 66.4 Å². The van der Waals surface area contributed by atoms with E-state index in [-0.39, 0.29) is 11.4 Å². The Morgan fingerprint density at radius 1 is 0.938 bits per heavy atom. The number of anilines is 2. The summed E-state index contributed by atoms with van der Waals surface area (Å²) in [6, 6.07) is 17.6. The lowest BCUT2D eigenvalue weighted by Crippen LogP contribution is -2.29. The SMILES string of the molecule is Cc1cc(N2CCCC2)nc(NCCNS(=O)(=O)c2ccc(Oc3ccccc3)cc2)n1. The van der Waals surface area contributed by atoms with E-state index < -0.39 is 10.0 Å². The summed E-state index contributed by atoms with van der Waals surface area (Å²) < 4.78 is 33.5. The standard InChI is InChI=1S/C23H27N5O3S/c1-18-17-22(28-15-5-6-16-28)27-23(26-18)24-13-14-25-32(29,30)21-11-9-20(10-12-21)31-19-7-3-2-4-8-19/h2-4,7-12,17,25H,5-6,13-16H2,1H3,(H,24,26,27). The van der Waals surface area contributed by atoms with Crippen LogP contribution in [0.25, 0.3) is 0 Å². The van der Waals surface area contributed by atoms with Gasteiger partial charge in [0.25, 0.3) is 0 Å². The molecule has 3 aromatic rings. The van der Waals surface area contributed by atoms with E-state index in [4.69, 9.17) is 4.74 Å². The second kappa shape index (κ2) is 9.97. The highest BCUT2D eigenvalue weighted by molar-refractivity contribution is 7.89. The van der Waals surface area contributed by atoms with Gasteiger partial charge in [0.1, 0.15) is 17.3 Å². The van der Waals surface area contributed by atoms with Crippen LogP contribution in [0.1, 0.15) is 18.5 Å². The second-order valence-electron chi connectivity index (χ2n) is 7.60. The highest BCUT2D eigenvalue weighted by atomic mass is 32.2. The summed E-state index contributed by atoms with van der Waals surface area (Å²) in [4.78, 5) is 11.4. The first-order valence-electron chi connectivity index (χ1n) is 10.7. The maximum Gasteiger partial charge on any atom is 0.240 e. The van der Waals surface area contributed by atoms with Crippen LogP contribution in [0, 0.1) is 6.92 Å². The highest BCUT2D eigenvalue weighted by Gasteiger charge is 2.16. The van der Waals surface area contributed by atoms with Gasteiger partial charge >= 0.3 is 0 Å². The monoisotopic (exact) mass is 453 g/mol. The lowest BCUT2D eigenvalue weighted by atomic mass is 10.3. The van der Waals surface area contributed by atoms with Crippen LogP contribution in [0.15, 0.2) is 65.6 Å². The molecule has 0 bridgehead atoms. The van der Waals surface area contributed by atoms with E-state index in [1.165, 1.54) is 25.0 Å². The molecule has 2 heterocycles. The summed E-state index contributed by atoms with van der Waals surface area (Å²) in [5.74, 6) is 2.69. The summed E-state index contributed by atoms with van der Waals surface area (Å²) >= 11 is 0. The van der Waals surface area contributed by atoms with Crippen LogP contribution in [-0.2, 0) is 10.0 Å². The largest absolute Gasteiger partial charge is 0.457 e. The third-order valence-corrected chi connectivity index (χ3v) is 6.56. The molecule has 0 aliphatic carbocycles. The van der Waals surface area contributed by atoms with E-state index in [0.29, 0.717) is 24.0 Å². The van der Waals surface area contributed by atoms with Crippen molar-refractivity contribution in [3.63, 3.8) is 0 Å². The van der Waals surface area contributed by atoms with Gasteiger partial charge in [-0.1, -0.05) is 18.2 Å². The number of nitrogens with zero attached hydrogens (tertiary/aromatic N) is 3. The van der Waals surface area contributed by atoms with Gasteiger partial charge in [-0.3, -0.25) is 0 Å². The minimum absolute atomic E-state index is 0.182. The molecular formula is C23H27N5O3S. The first-order chi connectivity index (χ1) is 15.5. The van der Waals surface area contributed by atoms with Crippen molar-refractivity contribution in [1.82, 2.24) is 14.7 Å². The number of aryl methyl sites for hydroxylation is 1. The van der Waals surface area contributed by atoms with Crippen LogP contribution in [0.2, 0.25) is 0 Å². The molecule has 8 nitrogen and oxygen atoms in total. The Bertz CT molecular complexity index is 1130. The molecule has 0 saturated carbocycles. The molecule has 1 saturated heterocycles. The minimum atomic E-state index is -3.63. The highest BCUT2D eigenvalue weighted by Crippen LogP contribution is 2.23. The Balaban J connectivity index is 1.30. The van der Waals surface area contributed by atoms with Gasteiger partial charge in [0.05, 0.1) is 4.90 Å². The van der Waals surface area contributed by atoms with Crippen molar-refractivity contribution >= 4 is 21.8 Å². The van der Waals surface area contributed by atoms with Gasteiger partial charge in [0, 0.05) is 37.9 Å². The number of hydrogen-bond acceptors (Lipinski definition) is 7. The number of para-hydroxylation sites is 1. The van der Waals surface area contributed by atoms with Crippen LogP contribution in [0.4, 0.5) is 11.8 Å². The fourth-order valence-electron chi connectivity index (χ4n) is 3.49. The predicted octanol–water partition coefficient (Wildman–Crippen LogP) is 3.57. The Labute approximate surface area is 188 Å². The molecular weight excluding hydrogens is 426 g/mol. The summed E-state index contributed by atoms with van der Waals surface area (Å²) in [6.45, 7) is 4.52. The molecule has 9 heteroatoms. The Kier molecular flexibility index (Phi) is 6.87. The maximum atomic E-state index is 12.6. The van der Waals surface area contributed by atoms with Crippen molar-refractivity contribution in [3.8, 4) is 11.5 Å². The van der Waals surface area contributed by atoms with Gasteiger partial charge in [-0.15, -0.1) is 0 Å². The lowest BCUT2D eigenvalue weighted by molar-refractivity contribution is 0.482. The average molecular weight is 454 g/mol. The fourth-order valence-corrected chi connectivity index (χ4v) is 4.53. The number of sulfonamides is 1. The maximum absolute atomic E-state index is 12.6. The average Bonchev–Trinajstić information content (AvgIpc) is 3.33. The number of benzene rings is 2. The first-order valence-corrected chi connectivity index (χ1v) is 12.1. The second-order valence-corrected chi connectivity index (χ2v) is 9.36. The molecule has 0 unspecified atom stereocenters. The third-order valence-electron chi connectivity index (χ3n) is 5.08. The molecule has 0 spiro atoms. The van der Waals surface area contributed by atoms with Crippen molar-refractivity contribution in [2.75, 3.05) is 36.4 Å². The van der Waals surface area contributed by atoms with E-state index in [1.54, 1.807) is 12.1 Å². The molecule has 0 radical (unpaired) electrons. The molecule has 1 fully saturated rings. The van der Waals surface area contributed by atoms with Crippen LogP contribution in [0.5, 0.6) is 11.5 Å². The fraction of sp³-hybridized carbons (Fsp3) is 0.304. The van der Waals surface area contributed by atoms with E-state index in [2.05, 4.69) is 24.9 Å². The molecule has 0 amide bonds. The van der Waals surface area contributed by atoms with E-state index >= 15 is 0 Å². The quantitative estimate of drug-likeness (QED) is 0.478. The summed E-state index contributed by atoms with van der Waals surface area (Å²) in [5, 5.41) is 3.11. The van der Waals surface area contributed by atoms with E-state index in [9.17, 15) is 8.42 Å². The molecule has 2 N–H and O–H groups in total. The van der Waals surface area contributed by atoms with Crippen LogP contribution in [0.3, 0.4) is 0 Å². The van der Waals surface area contributed by atoms with Crippen molar-refractivity contribution < 1.29 is 13.2 Å². The van der Waals surface area contributed by atoms with Crippen LogP contribution >= 0.6 is 0 Å². The zero-order valence-corrected chi connectivity index (χ0v) is 18.8. The lowest BCUT2D eigenvalue weighted by Gasteiger charge is -2.17. The number of ether oxygens (including phenoxy) is 1. The van der Waals surface area contributed by atoms with E-state index in [1.807, 2.05) is 43.3 Å². The minimum Gasteiger partial charge on any atom is -0.457 e. The number of rotatable bonds is 9. The zero-order chi connectivity index (χ0) is 22.4. The van der Waals surface area contributed by atoms with Gasteiger partial charge in [0.15, 0.2) is 0 Å². The molecule has 1 aliphatic rings. The van der Waals surface area contributed by atoms with Crippen molar-refractivity contribution in [2.45, 2.75) is 24.7 Å². The molecule has 168 valence electrons. The molecule has 0 atom stereocenters. The Morgan fingerprint density at radius 2 is 1.62 bits per heavy atom. The number of nitrogens with one attached hydrogen (secondary N) is 2.